The van der Waals surface area contributed by atoms with Gasteiger partial charge in [-0.15, -0.1) is 0 Å². The minimum absolute atomic E-state index is 0.701. The molecule has 0 aliphatic carbocycles. The highest BCUT2D eigenvalue weighted by molar-refractivity contribution is 7.88. The second-order valence-corrected chi connectivity index (χ2v) is 6.80. The Bertz CT molecular complexity index is 529. The van der Waals surface area contributed by atoms with Crippen molar-refractivity contribution in [2.45, 2.75) is 13.8 Å². The van der Waals surface area contributed by atoms with Gasteiger partial charge in [-0.3, -0.25) is 5.41 Å². The van der Waals surface area contributed by atoms with Gasteiger partial charge in [0.1, 0.15) is 0 Å². The third-order valence-corrected chi connectivity index (χ3v) is 4.94. The lowest BCUT2D eigenvalue weighted by Crippen LogP contribution is -2.16. The number of allylic oxidation sites excluding steroid dienone is 2. The van der Waals surface area contributed by atoms with Crippen LogP contribution in [0.25, 0.3) is 0 Å². The van der Waals surface area contributed by atoms with E-state index in [9.17, 15) is 0 Å². The van der Waals surface area contributed by atoms with Crippen molar-refractivity contribution < 1.29 is 0 Å². The molecule has 2 aromatic carbocycles. The zero-order valence-electron chi connectivity index (χ0n) is 11.3. The van der Waals surface area contributed by atoms with Crippen molar-refractivity contribution >= 4 is 24.0 Å². The molecule has 1 nitrogen and oxygen atoms in total. The molecular weight excluding hydrogens is 249 g/mol. The van der Waals surface area contributed by atoms with Crippen LogP contribution in [-0.2, 0) is 0 Å². The number of rotatable bonds is 4. The first-order valence-corrected chi connectivity index (χ1v) is 7.66. The predicted molar refractivity (Wildman–Crippen MR) is 86.2 cm³/mol. The molecule has 0 bridgehead atoms. The van der Waals surface area contributed by atoms with Gasteiger partial charge in [0.15, 0.2) is 0 Å². The van der Waals surface area contributed by atoms with Crippen LogP contribution in [0, 0.1) is 5.41 Å². The van der Waals surface area contributed by atoms with Crippen molar-refractivity contribution in [2.75, 3.05) is 0 Å². The van der Waals surface area contributed by atoms with Crippen LogP contribution in [0.4, 0.5) is 0 Å². The normalized spacial score (nSPS) is 10.3. The fourth-order valence-electron chi connectivity index (χ4n) is 1.92. The summed E-state index contributed by atoms with van der Waals surface area (Å²) in [5.41, 5.74) is 1.87. The second kappa shape index (κ2) is 6.45. The molecule has 1 N–H and O–H groups in total. The Balaban J connectivity index is 2.46. The van der Waals surface area contributed by atoms with Crippen LogP contribution >= 0.6 is 7.92 Å². The van der Waals surface area contributed by atoms with E-state index in [1.165, 1.54) is 16.2 Å². The zero-order valence-corrected chi connectivity index (χ0v) is 12.2. The SMILES string of the molecule is CC(C)=CC(=N)P(c1ccccc1)c1ccccc1. The van der Waals surface area contributed by atoms with E-state index in [4.69, 9.17) is 5.41 Å². The first-order valence-electron chi connectivity index (χ1n) is 6.32. The van der Waals surface area contributed by atoms with E-state index in [2.05, 4.69) is 24.3 Å². The number of hydrogen-bond acceptors (Lipinski definition) is 1. The maximum Gasteiger partial charge on any atom is 0.0631 e. The molecule has 0 spiro atoms. The summed E-state index contributed by atoms with van der Waals surface area (Å²) in [6.07, 6.45) is 1.98. The summed E-state index contributed by atoms with van der Waals surface area (Å²) >= 11 is 0. The van der Waals surface area contributed by atoms with E-state index in [-0.39, 0.29) is 0 Å². The smallest absolute Gasteiger partial charge is 0.0631 e. The second-order valence-electron chi connectivity index (χ2n) is 4.61. The standard InChI is InChI=1S/C17H18NP/c1-14(2)13-17(18)19(15-9-5-3-6-10-15)16-11-7-4-8-12-16/h3-13,18H,1-2H3. The number of hydrogen-bond donors (Lipinski definition) is 1. The zero-order chi connectivity index (χ0) is 13.7. The molecule has 0 saturated heterocycles. The molecule has 0 aromatic heterocycles. The number of benzene rings is 2. The van der Waals surface area contributed by atoms with Crippen molar-refractivity contribution in [1.82, 2.24) is 0 Å². The summed E-state index contributed by atoms with van der Waals surface area (Å²) < 4.78 is 0. The first kappa shape index (κ1) is 13.7. The molecule has 0 aliphatic rings. The van der Waals surface area contributed by atoms with E-state index in [0.29, 0.717) is 5.45 Å². The Labute approximate surface area is 116 Å². The van der Waals surface area contributed by atoms with Gasteiger partial charge in [0.05, 0.1) is 5.45 Å². The summed E-state index contributed by atoms with van der Waals surface area (Å²) in [5, 5.41) is 10.9. The van der Waals surface area contributed by atoms with E-state index in [1.54, 1.807) is 0 Å². The third kappa shape index (κ3) is 3.62. The largest absolute Gasteiger partial charge is 0.300 e. The van der Waals surface area contributed by atoms with E-state index < -0.39 is 7.92 Å². The summed E-state index contributed by atoms with van der Waals surface area (Å²) in [5.74, 6) is 0. The van der Waals surface area contributed by atoms with Crippen LogP contribution < -0.4 is 10.6 Å². The molecule has 0 atom stereocenters. The summed E-state index contributed by atoms with van der Waals surface area (Å²) in [6, 6.07) is 20.7. The fraction of sp³-hybridized carbons (Fsp3) is 0.118. The average Bonchev–Trinajstić information content (AvgIpc) is 2.40. The Morgan fingerprint density at radius 2 is 1.26 bits per heavy atom. The molecule has 0 aliphatic heterocycles. The van der Waals surface area contributed by atoms with Crippen LogP contribution in [0.1, 0.15) is 13.8 Å². The maximum absolute atomic E-state index is 8.40. The minimum Gasteiger partial charge on any atom is -0.300 e. The van der Waals surface area contributed by atoms with Gasteiger partial charge < -0.3 is 0 Å². The van der Waals surface area contributed by atoms with Gasteiger partial charge in [-0.1, -0.05) is 66.2 Å². The molecule has 0 radical (unpaired) electrons. The quantitative estimate of drug-likeness (QED) is 0.638. The fourth-order valence-corrected chi connectivity index (χ4v) is 4.10. The predicted octanol–water partition coefficient (Wildman–Crippen LogP) is 4.06. The van der Waals surface area contributed by atoms with Gasteiger partial charge in [-0.05, 0) is 30.5 Å². The minimum atomic E-state index is -0.738. The van der Waals surface area contributed by atoms with Crippen molar-refractivity contribution in [3.8, 4) is 0 Å². The highest BCUT2D eigenvalue weighted by atomic mass is 31.1. The summed E-state index contributed by atoms with van der Waals surface area (Å²) in [6.45, 7) is 4.08. The Morgan fingerprint density at radius 1 is 0.842 bits per heavy atom. The summed E-state index contributed by atoms with van der Waals surface area (Å²) in [4.78, 5) is 0. The Kier molecular flexibility index (Phi) is 4.65. The summed E-state index contributed by atoms with van der Waals surface area (Å²) in [7, 11) is -0.738. The van der Waals surface area contributed by atoms with Crippen molar-refractivity contribution in [3.05, 3.63) is 72.3 Å². The lowest BCUT2D eigenvalue weighted by atomic mass is 10.3. The lowest BCUT2D eigenvalue weighted by molar-refractivity contribution is 1.40. The highest BCUT2D eigenvalue weighted by Gasteiger charge is 2.16. The molecule has 0 unspecified atom stereocenters. The Morgan fingerprint density at radius 3 is 1.63 bits per heavy atom. The average molecular weight is 267 g/mol. The molecule has 96 valence electrons. The molecule has 0 heterocycles. The molecule has 0 amide bonds. The van der Waals surface area contributed by atoms with Crippen LogP contribution in [0.15, 0.2) is 72.3 Å². The first-order chi connectivity index (χ1) is 9.18. The van der Waals surface area contributed by atoms with Gasteiger partial charge in [0, 0.05) is 7.92 Å². The lowest BCUT2D eigenvalue weighted by Gasteiger charge is -2.18. The monoisotopic (exact) mass is 267 g/mol. The molecule has 2 heteroatoms. The van der Waals surface area contributed by atoms with Gasteiger partial charge >= 0.3 is 0 Å². The van der Waals surface area contributed by atoms with Gasteiger partial charge in [-0.2, -0.15) is 0 Å². The molecule has 19 heavy (non-hydrogen) atoms. The van der Waals surface area contributed by atoms with Crippen LogP contribution in [0.2, 0.25) is 0 Å². The molecule has 0 saturated carbocycles. The van der Waals surface area contributed by atoms with Gasteiger partial charge in [0.2, 0.25) is 0 Å². The molecule has 2 rings (SSSR count). The topological polar surface area (TPSA) is 23.9 Å². The van der Waals surface area contributed by atoms with Crippen LogP contribution in [-0.4, -0.2) is 5.45 Å². The van der Waals surface area contributed by atoms with Crippen LogP contribution in [0.5, 0.6) is 0 Å². The third-order valence-electron chi connectivity index (χ3n) is 2.70. The van der Waals surface area contributed by atoms with Crippen molar-refractivity contribution in [2.24, 2.45) is 0 Å². The van der Waals surface area contributed by atoms with Gasteiger partial charge in [-0.25, -0.2) is 0 Å². The Hall–Kier alpha value is -1.72. The maximum atomic E-state index is 8.40. The molecular formula is C17H18NP. The van der Waals surface area contributed by atoms with Crippen LogP contribution in [0.3, 0.4) is 0 Å². The highest BCUT2D eigenvalue weighted by Crippen LogP contribution is 2.35. The van der Waals surface area contributed by atoms with Crippen molar-refractivity contribution in [3.63, 3.8) is 0 Å². The van der Waals surface area contributed by atoms with Crippen molar-refractivity contribution in [1.29, 1.82) is 5.41 Å². The molecule has 2 aromatic rings. The number of nitrogens with one attached hydrogen (secondary N) is 1. The van der Waals surface area contributed by atoms with Gasteiger partial charge in [0.25, 0.3) is 0 Å². The van der Waals surface area contributed by atoms with E-state index in [1.807, 2.05) is 56.3 Å². The van der Waals surface area contributed by atoms with E-state index >= 15 is 0 Å². The molecule has 0 fully saturated rings. The van der Waals surface area contributed by atoms with E-state index in [0.717, 1.165) is 0 Å².